The van der Waals surface area contributed by atoms with Crippen LogP contribution < -0.4 is 11.5 Å². The molecule has 5 N–H and O–H groups in total. The van der Waals surface area contributed by atoms with Crippen LogP contribution in [0.5, 0.6) is 0 Å². The van der Waals surface area contributed by atoms with Crippen LogP contribution in [0.25, 0.3) is 0 Å². The molecule has 0 fully saturated rings. The molecule has 2 rings (SSSR count). The summed E-state index contributed by atoms with van der Waals surface area (Å²) < 4.78 is 39.3. The summed E-state index contributed by atoms with van der Waals surface area (Å²) in [5.74, 6) is -0.519. The second kappa shape index (κ2) is 9.02. The van der Waals surface area contributed by atoms with Gasteiger partial charge in [0, 0.05) is 7.05 Å². The molecule has 9 heteroatoms. The topological polar surface area (TPSA) is 92.6 Å². The molecule has 0 heterocycles. The first kappa shape index (κ1) is 23.0. The van der Waals surface area contributed by atoms with Crippen LogP contribution in [0, 0.1) is 0 Å². The zero-order valence-corrected chi connectivity index (χ0v) is 16.7. The smallest absolute Gasteiger partial charge is 0.397 e. The molecular weight excluding hydrogens is 407 g/mol. The molecule has 0 aliphatic heterocycles. The predicted molar refractivity (Wildman–Crippen MR) is 106 cm³/mol. The highest BCUT2D eigenvalue weighted by Gasteiger charge is 2.35. The van der Waals surface area contributed by atoms with Crippen LogP contribution in [0.4, 0.5) is 18.9 Å². The number of likely N-dealkylation sites (N-methyl/N-ethyl adjacent to an activating group) is 1. The lowest BCUT2D eigenvalue weighted by atomic mass is 9.99. The molecule has 0 saturated heterocycles. The molecule has 0 unspecified atom stereocenters. The van der Waals surface area contributed by atoms with Crippen molar-refractivity contribution in [2.75, 3.05) is 12.8 Å². The molecule has 2 aromatic carbocycles. The summed E-state index contributed by atoms with van der Waals surface area (Å²) in [6, 6.07) is 9.19. The quantitative estimate of drug-likeness (QED) is 0.614. The van der Waals surface area contributed by atoms with Gasteiger partial charge in [0.1, 0.15) is 0 Å². The molecule has 5 nitrogen and oxygen atoms in total. The number of halogens is 4. The molecule has 0 radical (unpaired) electrons. The number of nitrogens with two attached hydrogens (primary N) is 2. The minimum absolute atomic E-state index is 0.141. The van der Waals surface area contributed by atoms with Gasteiger partial charge in [-0.1, -0.05) is 41.9 Å². The highest BCUT2D eigenvalue weighted by molar-refractivity contribution is 6.33. The van der Waals surface area contributed by atoms with Crippen LogP contribution in [0.3, 0.4) is 0 Å². The van der Waals surface area contributed by atoms with Gasteiger partial charge < -0.3 is 21.5 Å². The van der Waals surface area contributed by atoms with Gasteiger partial charge in [-0.05, 0) is 36.6 Å². The van der Waals surface area contributed by atoms with Gasteiger partial charge in [0.15, 0.2) is 0 Å². The largest absolute Gasteiger partial charge is 0.418 e. The molecule has 158 valence electrons. The van der Waals surface area contributed by atoms with Gasteiger partial charge in [-0.3, -0.25) is 4.79 Å². The Bertz CT molecular complexity index is 862. The minimum atomic E-state index is -4.68. The SMILES string of the molecule is C[C@@H]([C@@H](O)c1ccccc1)N(C)C(=O)[C@H](N)Cc1cc(Cl)c(N)c(C(F)(F)F)c1. The van der Waals surface area contributed by atoms with E-state index in [1.807, 2.05) is 0 Å². The molecular formula is C20H23ClF3N3O2. The van der Waals surface area contributed by atoms with E-state index in [1.54, 1.807) is 37.3 Å². The van der Waals surface area contributed by atoms with Crippen LogP contribution in [-0.4, -0.2) is 35.0 Å². The monoisotopic (exact) mass is 429 g/mol. The van der Waals surface area contributed by atoms with Gasteiger partial charge in [-0.15, -0.1) is 0 Å². The Labute approximate surface area is 172 Å². The Hall–Kier alpha value is -2.29. The maximum atomic E-state index is 13.1. The maximum Gasteiger partial charge on any atom is 0.418 e. The van der Waals surface area contributed by atoms with E-state index < -0.39 is 41.5 Å². The zero-order chi connectivity index (χ0) is 21.9. The van der Waals surface area contributed by atoms with Gasteiger partial charge in [0.2, 0.25) is 5.91 Å². The third kappa shape index (κ3) is 5.41. The first-order valence-electron chi connectivity index (χ1n) is 8.83. The Morgan fingerprint density at radius 1 is 1.24 bits per heavy atom. The number of amides is 1. The molecule has 3 atom stereocenters. The first-order chi connectivity index (χ1) is 13.4. The van der Waals surface area contributed by atoms with Crippen molar-refractivity contribution in [1.29, 1.82) is 0 Å². The molecule has 0 spiro atoms. The number of hydrogen-bond acceptors (Lipinski definition) is 4. The summed E-state index contributed by atoms with van der Waals surface area (Å²) >= 11 is 5.82. The molecule has 0 aliphatic carbocycles. The van der Waals surface area contributed by atoms with Gasteiger partial charge in [-0.25, -0.2) is 0 Å². The average Bonchev–Trinajstić information content (AvgIpc) is 2.67. The average molecular weight is 430 g/mol. The molecule has 1 amide bonds. The number of aliphatic hydroxyl groups is 1. The fourth-order valence-corrected chi connectivity index (χ4v) is 3.21. The second-order valence-electron chi connectivity index (χ2n) is 6.89. The Morgan fingerprint density at radius 3 is 2.38 bits per heavy atom. The van der Waals surface area contributed by atoms with Gasteiger partial charge in [-0.2, -0.15) is 13.2 Å². The zero-order valence-electron chi connectivity index (χ0n) is 15.9. The van der Waals surface area contributed by atoms with E-state index >= 15 is 0 Å². The molecule has 0 saturated carbocycles. The summed E-state index contributed by atoms with van der Waals surface area (Å²) in [7, 11) is 1.48. The number of aliphatic hydroxyl groups excluding tert-OH is 1. The van der Waals surface area contributed by atoms with Crippen molar-refractivity contribution in [1.82, 2.24) is 4.90 Å². The van der Waals surface area contributed by atoms with E-state index in [-0.39, 0.29) is 17.0 Å². The lowest BCUT2D eigenvalue weighted by molar-refractivity contribution is -0.137. The van der Waals surface area contributed by atoms with Crippen molar-refractivity contribution in [3.63, 3.8) is 0 Å². The second-order valence-corrected chi connectivity index (χ2v) is 7.30. The van der Waals surface area contributed by atoms with Crippen LogP contribution in [0.15, 0.2) is 42.5 Å². The summed E-state index contributed by atoms with van der Waals surface area (Å²) in [6.45, 7) is 1.66. The molecule has 29 heavy (non-hydrogen) atoms. The van der Waals surface area contributed by atoms with Crippen molar-refractivity contribution in [2.24, 2.45) is 5.73 Å². The number of carbonyl (C=O) groups is 1. The van der Waals surface area contributed by atoms with Crippen LogP contribution in [-0.2, 0) is 17.4 Å². The summed E-state index contributed by atoms with van der Waals surface area (Å²) in [4.78, 5) is 14.0. The number of nitrogens with zero attached hydrogens (tertiary/aromatic N) is 1. The number of alkyl halides is 3. The number of hydrogen-bond donors (Lipinski definition) is 3. The lowest BCUT2D eigenvalue weighted by Gasteiger charge is -2.31. The van der Waals surface area contributed by atoms with E-state index in [2.05, 4.69) is 0 Å². The fraction of sp³-hybridized carbons (Fsp3) is 0.350. The van der Waals surface area contributed by atoms with E-state index in [0.717, 1.165) is 6.07 Å². The van der Waals surface area contributed by atoms with Crippen molar-refractivity contribution in [3.05, 3.63) is 64.2 Å². The maximum absolute atomic E-state index is 13.1. The Kier molecular flexibility index (Phi) is 7.15. The summed E-state index contributed by atoms with van der Waals surface area (Å²) in [5.41, 5.74) is 10.5. The highest BCUT2D eigenvalue weighted by Crippen LogP contribution is 2.38. The lowest BCUT2D eigenvalue weighted by Crippen LogP contribution is -2.48. The Morgan fingerprint density at radius 2 is 1.83 bits per heavy atom. The summed E-state index contributed by atoms with van der Waals surface area (Å²) in [6.07, 6.45) is -5.79. The van der Waals surface area contributed by atoms with Gasteiger partial charge >= 0.3 is 6.18 Å². The van der Waals surface area contributed by atoms with E-state index in [9.17, 15) is 23.1 Å². The van der Waals surface area contributed by atoms with Crippen molar-refractivity contribution in [2.45, 2.75) is 37.7 Å². The summed E-state index contributed by atoms with van der Waals surface area (Å²) in [5, 5.41) is 10.2. The minimum Gasteiger partial charge on any atom is -0.397 e. The van der Waals surface area contributed by atoms with E-state index in [1.165, 1.54) is 18.0 Å². The number of anilines is 1. The van der Waals surface area contributed by atoms with Crippen LogP contribution in [0.1, 0.15) is 29.7 Å². The fourth-order valence-electron chi connectivity index (χ4n) is 2.97. The van der Waals surface area contributed by atoms with E-state index in [0.29, 0.717) is 5.56 Å². The standard InChI is InChI=1S/C20H23ClF3N3O2/c1-11(18(28)13-6-4-3-5-7-13)27(2)19(29)16(25)10-12-8-14(20(22,23)24)17(26)15(21)9-12/h3-9,11,16,18,28H,10,25-26H2,1-2H3/t11-,16+,18+/m0/s1. The van der Waals surface area contributed by atoms with Crippen molar-refractivity contribution < 1.29 is 23.1 Å². The van der Waals surface area contributed by atoms with Crippen molar-refractivity contribution >= 4 is 23.2 Å². The van der Waals surface area contributed by atoms with E-state index in [4.69, 9.17) is 23.1 Å². The van der Waals surface area contributed by atoms with Crippen molar-refractivity contribution in [3.8, 4) is 0 Å². The van der Waals surface area contributed by atoms with Gasteiger partial charge in [0.25, 0.3) is 0 Å². The molecule has 0 aromatic heterocycles. The number of nitrogen functional groups attached to an aromatic ring is 1. The third-order valence-corrected chi connectivity index (χ3v) is 5.14. The van der Waals surface area contributed by atoms with Crippen LogP contribution >= 0.6 is 11.6 Å². The molecule has 2 aromatic rings. The number of carbonyl (C=O) groups excluding carboxylic acids is 1. The normalized spacial score (nSPS) is 14.9. The number of rotatable bonds is 6. The molecule has 0 aliphatic rings. The third-order valence-electron chi connectivity index (χ3n) is 4.82. The highest BCUT2D eigenvalue weighted by atomic mass is 35.5. The van der Waals surface area contributed by atoms with Gasteiger partial charge in [0.05, 0.1) is 34.5 Å². The van der Waals surface area contributed by atoms with Crippen LogP contribution in [0.2, 0.25) is 5.02 Å². The first-order valence-corrected chi connectivity index (χ1v) is 9.21. The number of benzene rings is 2. The molecule has 0 bridgehead atoms. The Balaban J connectivity index is 2.15. The predicted octanol–water partition coefficient (Wildman–Crippen LogP) is 3.39.